The van der Waals surface area contributed by atoms with Crippen molar-refractivity contribution in [3.8, 4) is 0 Å². The number of thioether (sulfide) groups is 1. The summed E-state index contributed by atoms with van der Waals surface area (Å²) in [4.78, 5) is 13.2. The third-order valence-electron chi connectivity index (χ3n) is 4.00. The molecule has 2 aromatic rings. The van der Waals surface area contributed by atoms with Gasteiger partial charge in [0.15, 0.2) is 5.78 Å². The lowest BCUT2D eigenvalue weighted by molar-refractivity contribution is 0.102. The Morgan fingerprint density at radius 1 is 1.10 bits per heavy atom. The van der Waals surface area contributed by atoms with Crippen LogP contribution < -0.4 is 0 Å². The molecule has 108 valence electrons. The molecule has 1 fully saturated rings. The van der Waals surface area contributed by atoms with E-state index >= 15 is 0 Å². The first kappa shape index (κ1) is 14.7. The van der Waals surface area contributed by atoms with Crippen LogP contribution in [0.5, 0.6) is 0 Å². The van der Waals surface area contributed by atoms with Crippen molar-refractivity contribution in [2.24, 2.45) is 0 Å². The average Bonchev–Trinajstić information content (AvgIpc) is 2.45. The topological polar surface area (TPSA) is 17.1 Å². The first-order valence-corrected chi connectivity index (χ1v) is 8.61. The smallest absolute Gasteiger partial charge is 0.173 e. The standard InChI is InChI=1S/C18H17ClOS/c19-16-6-1-2-7-18(16)21-12-17(20)15-10-8-14(9-11-15)13-4-3-5-13/h1-2,6-11,13H,3-5,12H2. The van der Waals surface area contributed by atoms with Gasteiger partial charge in [0.25, 0.3) is 0 Å². The largest absolute Gasteiger partial charge is 0.293 e. The Kier molecular flexibility index (Phi) is 4.67. The van der Waals surface area contributed by atoms with Crippen molar-refractivity contribution in [1.29, 1.82) is 0 Å². The van der Waals surface area contributed by atoms with Gasteiger partial charge in [-0.05, 0) is 36.5 Å². The van der Waals surface area contributed by atoms with E-state index in [4.69, 9.17) is 11.6 Å². The molecule has 0 aliphatic heterocycles. The van der Waals surface area contributed by atoms with E-state index in [0.29, 0.717) is 16.7 Å². The number of hydrogen-bond acceptors (Lipinski definition) is 2. The first-order chi connectivity index (χ1) is 10.2. The number of carbonyl (C=O) groups excluding carboxylic acids is 1. The van der Waals surface area contributed by atoms with Gasteiger partial charge in [-0.1, -0.05) is 54.4 Å². The minimum absolute atomic E-state index is 0.153. The monoisotopic (exact) mass is 316 g/mol. The molecule has 0 saturated heterocycles. The fourth-order valence-electron chi connectivity index (χ4n) is 2.47. The Balaban J connectivity index is 1.61. The van der Waals surface area contributed by atoms with Gasteiger partial charge < -0.3 is 0 Å². The highest BCUT2D eigenvalue weighted by molar-refractivity contribution is 8.00. The molecule has 0 N–H and O–H groups in total. The minimum Gasteiger partial charge on any atom is -0.293 e. The number of Topliss-reactive ketones (excluding diaryl/α,β-unsaturated/α-hetero) is 1. The second-order valence-electron chi connectivity index (χ2n) is 5.39. The summed E-state index contributed by atoms with van der Waals surface area (Å²) in [6.07, 6.45) is 3.91. The fourth-order valence-corrected chi connectivity index (χ4v) is 3.60. The van der Waals surface area contributed by atoms with E-state index in [0.717, 1.165) is 10.5 Å². The molecular weight excluding hydrogens is 300 g/mol. The van der Waals surface area contributed by atoms with Crippen molar-refractivity contribution in [3.05, 3.63) is 64.7 Å². The van der Waals surface area contributed by atoms with Crippen LogP contribution in [0.15, 0.2) is 53.4 Å². The van der Waals surface area contributed by atoms with Crippen LogP contribution in [0.3, 0.4) is 0 Å². The number of hydrogen-bond donors (Lipinski definition) is 0. The van der Waals surface area contributed by atoms with Crippen molar-refractivity contribution in [2.45, 2.75) is 30.1 Å². The normalized spacial score (nSPS) is 14.7. The molecule has 1 nitrogen and oxygen atoms in total. The molecule has 0 aromatic heterocycles. The van der Waals surface area contributed by atoms with Gasteiger partial charge in [-0.2, -0.15) is 0 Å². The summed E-state index contributed by atoms with van der Waals surface area (Å²) in [6.45, 7) is 0. The van der Waals surface area contributed by atoms with Crippen molar-refractivity contribution in [3.63, 3.8) is 0 Å². The maximum absolute atomic E-state index is 12.2. The van der Waals surface area contributed by atoms with Gasteiger partial charge in [0.2, 0.25) is 0 Å². The van der Waals surface area contributed by atoms with Gasteiger partial charge in [-0.3, -0.25) is 4.79 Å². The maximum Gasteiger partial charge on any atom is 0.173 e. The molecule has 3 rings (SSSR count). The van der Waals surface area contributed by atoms with Crippen LogP contribution >= 0.6 is 23.4 Å². The van der Waals surface area contributed by atoms with E-state index in [9.17, 15) is 4.79 Å². The third kappa shape index (κ3) is 3.50. The molecule has 1 aliphatic carbocycles. The molecule has 1 aliphatic rings. The second kappa shape index (κ2) is 6.67. The van der Waals surface area contributed by atoms with Gasteiger partial charge in [-0.15, -0.1) is 11.8 Å². The van der Waals surface area contributed by atoms with E-state index < -0.39 is 0 Å². The van der Waals surface area contributed by atoms with E-state index in [1.54, 1.807) is 0 Å². The zero-order valence-electron chi connectivity index (χ0n) is 11.7. The summed E-state index contributed by atoms with van der Waals surface area (Å²) in [6, 6.07) is 15.8. The minimum atomic E-state index is 0.153. The summed E-state index contributed by atoms with van der Waals surface area (Å²) >= 11 is 7.59. The Morgan fingerprint density at radius 3 is 2.43 bits per heavy atom. The number of ketones is 1. The highest BCUT2D eigenvalue weighted by Crippen LogP contribution is 2.36. The lowest BCUT2D eigenvalue weighted by Gasteiger charge is -2.25. The van der Waals surface area contributed by atoms with Crippen LogP contribution in [-0.4, -0.2) is 11.5 Å². The lowest BCUT2D eigenvalue weighted by atomic mass is 9.80. The number of carbonyl (C=O) groups is 1. The van der Waals surface area contributed by atoms with Gasteiger partial charge >= 0.3 is 0 Å². The molecule has 0 amide bonds. The summed E-state index contributed by atoms with van der Waals surface area (Å²) in [5.74, 6) is 1.29. The Hall–Kier alpha value is -1.25. The predicted octanol–water partition coefficient (Wildman–Crippen LogP) is 5.58. The summed E-state index contributed by atoms with van der Waals surface area (Å²) in [5.41, 5.74) is 2.16. The summed E-state index contributed by atoms with van der Waals surface area (Å²) in [7, 11) is 0. The zero-order chi connectivity index (χ0) is 14.7. The Morgan fingerprint density at radius 2 is 1.81 bits per heavy atom. The van der Waals surface area contributed by atoms with Crippen LogP contribution in [0.1, 0.15) is 41.1 Å². The lowest BCUT2D eigenvalue weighted by Crippen LogP contribution is -2.09. The number of halogens is 1. The van der Waals surface area contributed by atoms with Crippen molar-refractivity contribution in [1.82, 2.24) is 0 Å². The molecule has 1 saturated carbocycles. The fraction of sp³-hybridized carbons (Fsp3) is 0.278. The van der Waals surface area contributed by atoms with Crippen LogP contribution in [0, 0.1) is 0 Å². The average molecular weight is 317 g/mol. The van der Waals surface area contributed by atoms with Gasteiger partial charge in [0, 0.05) is 10.5 Å². The highest BCUT2D eigenvalue weighted by Gasteiger charge is 2.19. The molecule has 0 unspecified atom stereocenters. The summed E-state index contributed by atoms with van der Waals surface area (Å²) < 4.78 is 0. The number of benzene rings is 2. The zero-order valence-corrected chi connectivity index (χ0v) is 13.3. The van der Waals surface area contributed by atoms with E-state index in [-0.39, 0.29) is 5.78 Å². The van der Waals surface area contributed by atoms with Gasteiger partial charge in [-0.25, -0.2) is 0 Å². The van der Waals surface area contributed by atoms with Crippen molar-refractivity contribution >= 4 is 29.1 Å². The molecule has 2 aromatic carbocycles. The van der Waals surface area contributed by atoms with Crippen LogP contribution in [0.2, 0.25) is 5.02 Å². The molecule has 21 heavy (non-hydrogen) atoms. The predicted molar refractivity (Wildman–Crippen MR) is 89.5 cm³/mol. The second-order valence-corrected chi connectivity index (χ2v) is 6.82. The van der Waals surface area contributed by atoms with E-state index in [2.05, 4.69) is 12.1 Å². The molecule has 0 heterocycles. The number of rotatable bonds is 5. The van der Waals surface area contributed by atoms with Crippen LogP contribution in [-0.2, 0) is 0 Å². The maximum atomic E-state index is 12.2. The Bertz CT molecular complexity index is 632. The quantitative estimate of drug-likeness (QED) is 0.529. The summed E-state index contributed by atoms with van der Waals surface area (Å²) in [5, 5.41) is 0.704. The third-order valence-corrected chi connectivity index (χ3v) is 5.52. The molecule has 0 radical (unpaired) electrons. The molecular formula is C18H17ClOS. The van der Waals surface area contributed by atoms with Crippen molar-refractivity contribution < 1.29 is 4.79 Å². The molecule has 3 heteroatoms. The molecule has 0 atom stereocenters. The molecule has 0 spiro atoms. The highest BCUT2D eigenvalue weighted by atomic mass is 35.5. The SMILES string of the molecule is O=C(CSc1ccccc1Cl)c1ccc(C2CCC2)cc1. The van der Waals surface area contributed by atoms with Crippen LogP contribution in [0.4, 0.5) is 0 Å². The van der Waals surface area contributed by atoms with E-state index in [1.165, 1.54) is 36.6 Å². The Labute approximate surface area is 134 Å². The first-order valence-electron chi connectivity index (χ1n) is 7.24. The van der Waals surface area contributed by atoms with Gasteiger partial charge in [0.05, 0.1) is 10.8 Å². The van der Waals surface area contributed by atoms with E-state index in [1.807, 2.05) is 36.4 Å². The van der Waals surface area contributed by atoms with Crippen molar-refractivity contribution in [2.75, 3.05) is 5.75 Å². The molecule has 0 bridgehead atoms. The van der Waals surface area contributed by atoms with Crippen LogP contribution in [0.25, 0.3) is 0 Å². The van der Waals surface area contributed by atoms with Gasteiger partial charge in [0.1, 0.15) is 0 Å².